The Morgan fingerprint density at radius 1 is 0.551 bits per heavy atom. The van der Waals surface area contributed by atoms with Gasteiger partial charge in [0.1, 0.15) is 16.8 Å². The van der Waals surface area contributed by atoms with Crippen molar-refractivity contribution in [2.24, 2.45) is 10.7 Å². The first-order valence-corrected chi connectivity index (χ1v) is 16.6. The van der Waals surface area contributed by atoms with Gasteiger partial charge < -0.3 is 14.7 Å². The maximum absolute atomic E-state index is 7.40. The zero-order valence-electron chi connectivity index (χ0n) is 26.8. The number of aliphatic imine (C=N–C) groups is 1. The van der Waals surface area contributed by atoms with Gasteiger partial charge in [0, 0.05) is 39.9 Å². The van der Waals surface area contributed by atoms with Crippen LogP contribution in [0.2, 0.25) is 0 Å². The van der Waals surface area contributed by atoms with E-state index in [1.165, 1.54) is 10.9 Å². The quantitative estimate of drug-likeness (QED) is 0.178. The first-order valence-electron chi connectivity index (χ1n) is 16.6. The fourth-order valence-corrected chi connectivity index (χ4v) is 7.13. The van der Waals surface area contributed by atoms with Gasteiger partial charge in [-0.1, -0.05) is 127 Å². The average molecular weight is 632 g/mol. The van der Waals surface area contributed by atoms with Gasteiger partial charge in [0.15, 0.2) is 0 Å². The molecule has 234 valence electrons. The number of hydrogen-bond donors (Lipinski definition) is 1. The molecule has 0 unspecified atom stereocenters. The first kappa shape index (κ1) is 29.0. The van der Waals surface area contributed by atoms with Gasteiger partial charge >= 0.3 is 0 Å². The number of aromatic nitrogens is 1. The number of benzene rings is 7. The number of furan rings is 1. The monoisotopic (exact) mass is 631 g/mol. The van der Waals surface area contributed by atoms with Crippen LogP contribution in [-0.2, 0) is 12.1 Å². The van der Waals surface area contributed by atoms with Gasteiger partial charge in [-0.15, -0.1) is 0 Å². The zero-order chi connectivity index (χ0) is 32.8. The summed E-state index contributed by atoms with van der Waals surface area (Å²) in [5, 5.41) is 4.53. The summed E-state index contributed by atoms with van der Waals surface area (Å²) < 4.78 is 8.64. The van der Waals surface area contributed by atoms with Crippen LogP contribution in [0.3, 0.4) is 0 Å². The van der Waals surface area contributed by atoms with Crippen LogP contribution in [0.1, 0.15) is 16.7 Å². The van der Waals surface area contributed by atoms with Crippen molar-refractivity contribution in [1.82, 2.24) is 4.57 Å². The van der Waals surface area contributed by atoms with Gasteiger partial charge in [0.05, 0.1) is 11.0 Å². The van der Waals surface area contributed by atoms with E-state index < -0.39 is 5.66 Å². The number of rotatable bonds is 7. The summed E-state index contributed by atoms with van der Waals surface area (Å²) >= 11 is 0. The highest BCUT2D eigenvalue weighted by Gasteiger charge is 2.28. The molecule has 0 aliphatic carbocycles. The molecule has 7 aromatic carbocycles. The third-order valence-corrected chi connectivity index (χ3v) is 9.53. The molecule has 49 heavy (non-hydrogen) atoms. The molecule has 1 atom stereocenters. The molecule has 2 N–H and O–H groups in total. The molecule has 0 spiro atoms. The van der Waals surface area contributed by atoms with Crippen molar-refractivity contribution < 1.29 is 4.42 Å². The molecule has 0 bridgehead atoms. The Morgan fingerprint density at radius 2 is 1.27 bits per heavy atom. The number of nitrogens with zero attached hydrogens (tertiary/aromatic N) is 2. The molecular formula is C45H33N3O. The predicted molar refractivity (Wildman–Crippen MR) is 204 cm³/mol. The normalized spacial score (nSPS) is 13.2. The Morgan fingerprint density at radius 3 is 2.12 bits per heavy atom. The van der Waals surface area contributed by atoms with Crippen molar-refractivity contribution in [3.63, 3.8) is 0 Å². The Hall–Kier alpha value is -6.23. The molecular weight excluding hydrogens is 599 g/mol. The minimum atomic E-state index is -1.02. The lowest BCUT2D eigenvalue weighted by atomic mass is 9.92. The van der Waals surface area contributed by atoms with Gasteiger partial charge in [0.25, 0.3) is 0 Å². The van der Waals surface area contributed by atoms with E-state index in [4.69, 9.17) is 15.1 Å². The summed E-state index contributed by atoms with van der Waals surface area (Å²) in [5.74, 6) is 0. The van der Waals surface area contributed by atoms with E-state index in [2.05, 4.69) is 150 Å². The number of nitrogens with two attached hydrogens (primary N) is 1. The maximum atomic E-state index is 7.40. The van der Waals surface area contributed by atoms with Gasteiger partial charge in [-0.25, -0.2) is 0 Å². The van der Waals surface area contributed by atoms with Crippen LogP contribution >= 0.6 is 0 Å². The third kappa shape index (κ3) is 5.20. The number of fused-ring (bicyclic) bond motifs is 6. The van der Waals surface area contributed by atoms with E-state index in [0.29, 0.717) is 6.42 Å². The summed E-state index contributed by atoms with van der Waals surface area (Å²) in [6, 6.07) is 59.0. The summed E-state index contributed by atoms with van der Waals surface area (Å²) in [5.41, 5.74) is 16.8. The Kier molecular flexibility index (Phi) is 6.96. The third-order valence-electron chi connectivity index (χ3n) is 9.53. The van der Waals surface area contributed by atoms with E-state index in [9.17, 15) is 0 Å². The van der Waals surface area contributed by atoms with E-state index in [1.54, 1.807) is 0 Å². The summed E-state index contributed by atoms with van der Waals surface area (Å²) in [7, 11) is 0. The van der Waals surface area contributed by atoms with Gasteiger partial charge in [0.2, 0.25) is 0 Å². The minimum Gasteiger partial charge on any atom is -0.456 e. The second-order valence-corrected chi connectivity index (χ2v) is 12.7. The van der Waals surface area contributed by atoms with Gasteiger partial charge in [-0.05, 0) is 70.3 Å². The molecule has 0 saturated heterocycles. The standard InChI is InChI=1S/C45H33N3O/c46-45(29-31-13-3-1-4-14-31,47-30-32-15-11-18-34(25-32)33-16-5-2-6-17-33)35-19-12-20-36(26-35)48-41-23-9-7-21-37(41)39-28-44-40(27-42(39)48)38-22-8-10-24-43(38)49-44/h1-28,30H,29,46H2/b47-30+/t45-/m1/s1. The zero-order valence-corrected chi connectivity index (χ0v) is 26.8. The Balaban J connectivity index is 1.20. The molecule has 0 amide bonds. The fourth-order valence-electron chi connectivity index (χ4n) is 7.13. The number of hydrogen-bond acceptors (Lipinski definition) is 3. The van der Waals surface area contributed by atoms with Gasteiger partial charge in [-0.3, -0.25) is 4.99 Å². The SMILES string of the molecule is N[C@](Cc1ccccc1)(/N=C/c1cccc(-c2ccccc2)c1)c1cccc(-n2c3ccccc3c3cc4oc5ccccc5c4cc32)c1. The fraction of sp³-hybridized carbons (Fsp3) is 0.0444. The van der Waals surface area contributed by atoms with E-state index in [1.807, 2.05) is 30.5 Å². The predicted octanol–water partition coefficient (Wildman–Crippen LogP) is 10.8. The maximum Gasteiger partial charge on any atom is 0.137 e. The summed E-state index contributed by atoms with van der Waals surface area (Å²) in [4.78, 5) is 5.17. The molecule has 4 heteroatoms. The highest BCUT2D eigenvalue weighted by atomic mass is 16.3. The van der Waals surface area contributed by atoms with Crippen LogP contribution in [-0.4, -0.2) is 10.8 Å². The lowest BCUT2D eigenvalue weighted by Gasteiger charge is -2.27. The molecule has 4 nitrogen and oxygen atoms in total. The Bertz CT molecular complexity index is 2650. The van der Waals surface area contributed by atoms with Crippen molar-refractivity contribution in [2.45, 2.75) is 12.1 Å². The molecule has 0 radical (unpaired) electrons. The largest absolute Gasteiger partial charge is 0.456 e. The van der Waals surface area contributed by atoms with Crippen molar-refractivity contribution in [3.8, 4) is 16.8 Å². The molecule has 0 aliphatic rings. The van der Waals surface area contributed by atoms with Crippen LogP contribution in [0, 0.1) is 0 Å². The van der Waals surface area contributed by atoms with Gasteiger partial charge in [-0.2, -0.15) is 0 Å². The second-order valence-electron chi connectivity index (χ2n) is 12.7. The first-order chi connectivity index (χ1) is 24.1. The highest BCUT2D eigenvalue weighted by Crippen LogP contribution is 2.39. The van der Waals surface area contributed by atoms with Crippen LogP contribution in [0.5, 0.6) is 0 Å². The van der Waals surface area contributed by atoms with Crippen LogP contribution in [0.15, 0.2) is 179 Å². The molecule has 0 aliphatic heterocycles. The van der Waals surface area contributed by atoms with Crippen LogP contribution < -0.4 is 5.73 Å². The Labute approximate surface area is 284 Å². The lowest BCUT2D eigenvalue weighted by molar-refractivity contribution is 0.467. The average Bonchev–Trinajstić information content (AvgIpc) is 3.69. The van der Waals surface area contributed by atoms with Crippen molar-refractivity contribution in [3.05, 3.63) is 187 Å². The van der Waals surface area contributed by atoms with Crippen molar-refractivity contribution >= 4 is 50.0 Å². The van der Waals surface area contributed by atoms with E-state index in [0.717, 1.165) is 66.3 Å². The summed E-state index contributed by atoms with van der Waals surface area (Å²) in [6.45, 7) is 0. The smallest absolute Gasteiger partial charge is 0.137 e. The van der Waals surface area contributed by atoms with E-state index in [-0.39, 0.29) is 0 Å². The topological polar surface area (TPSA) is 56.4 Å². The minimum absolute atomic E-state index is 0.543. The second kappa shape index (κ2) is 11.8. The molecule has 9 rings (SSSR count). The highest BCUT2D eigenvalue weighted by molar-refractivity contribution is 6.17. The van der Waals surface area contributed by atoms with Crippen molar-refractivity contribution in [2.75, 3.05) is 0 Å². The summed E-state index contributed by atoms with van der Waals surface area (Å²) in [6.07, 6.45) is 2.46. The van der Waals surface area contributed by atoms with Crippen molar-refractivity contribution in [1.29, 1.82) is 0 Å². The number of para-hydroxylation sites is 2. The molecule has 0 saturated carbocycles. The van der Waals surface area contributed by atoms with E-state index >= 15 is 0 Å². The molecule has 2 aromatic heterocycles. The lowest BCUT2D eigenvalue weighted by Crippen LogP contribution is -2.37. The van der Waals surface area contributed by atoms with Crippen LogP contribution in [0.25, 0.3) is 60.6 Å². The molecule has 0 fully saturated rings. The van der Waals surface area contributed by atoms with Crippen LogP contribution in [0.4, 0.5) is 0 Å². The molecule has 9 aromatic rings. The molecule has 2 heterocycles.